The summed E-state index contributed by atoms with van der Waals surface area (Å²) in [6.07, 6.45) is 0. The van der Waals surface area contributed by atoms with Crippen LogP contribution in [0.5, 0.6) is 0 Å². The maximum absolute atomic E-state index is 10.5. The molecule has 1 aliphatic rings. The van der Waals surface area contributed by atoms with Crippen LogP contribution in [-0.2, 0) is 9.84 Å². The largest absolute Gasteiger partial charge is 0.312 e. The Morgan fingerprint density at radius 2 is 2.11 bits per heavy atom. The van der Waals surface area contributed by atoms with Crippen LogP contribution in [0.3, 0.4) is 0 Å². The molecule has 0 aromatic carbocycles. The van der Waals surface area contributed by atoms with Gasteiger partial charge in [-0.15, -0.1) is 0 Å². The van der Waals surface area contributed by atoms with Gasteiger partial charge < -0.3 is 5.32 Å². The zero-order valence-electron chi connectivity index (χ0n) is 5.42. The van der Waals surface area contributed by atoms with Gasteiger partial charge >= 0.3 is 0 Å². The highest BCUT2D eigenvalue weighted by Gasteiger charge is 2.31. The van der Waals surface area contributed by atoms with E-state index in [1.165, 1.54) is 0 Å². The van der Waals surface area contributed by atoms with Crippen LogP contribution < -0.4 is 5.32 Å². The lowest BCUT2D eigenvalue weighted by Gasteiger charge is -2.25. The fraction of sp³-hybridized carbons (Fsp3) is 1.00. The van der Waals surface area contributed by atoms with Crippen molar-refractivity contribution in [1.82, 2.24) is 5.32 Å². The highest BCUT2D eigenvalue weighted by molar-refractivity contribution is 7.92. The number of nitrogens with one attached hydrogen (secondary N) is 1. The Morgan fingerprint density at radius 3 is 2.44 bits per heavy atom. The maximum atomic E-state index is 10.5. The summed E-state index contributed by atoms with van der Waals surface area (Å²) in [5.41, 5.74) is 0. The fourth-order valence-corrected chi connectivity index (χ4v) is 2.33. The van der Waals surface area contributed by atoms with Crippen molar-refractivity contribution in [2.45, 2.75) is 13.0 Å². The van der Waals surface area contributed by atoms with Crippen LogP contribution >= 0.6 is 0 Å². The van der Waals surface area contributed by atoms with Gasteiger partial charge in [0.15, 0.2) is 9.84 Å². The maximum Gasteiger partial charge on any atom is 0.153 e. The summed E-state index contributed by atoms with van der Waals surface area (Å²) in [5.74, 6) is 0.668. The third-order valence-electron chi connectivity index (χ3n) is 1.40. The smallest absolute Gasteiger partial charge is 0.153 e. The molecule has 0 saturated carbocycles. The van der Waals surface area contributed by atoms with E-state index in [9.17, 15) is 8.42 Å². The molecule has 1 rings (SSSR count). The van der Waals surface area contributed by atoms with Gasteiger partial charge in [-0.25, -0.2) is 8.42 Å². The Balaban J connectivity index is 2.28. The van der Waals surface area contributed by atoms with Crippen molar-refractivity contribution in [1.29, 1.82) is 0 Å². The van der Waals surface area contributed by atoms with E-state index in [4.69, 9.17) is 0 Å². The molecule has 4 heteroatoms. The zero-order chi connectivity index (χ0) is 6.91. The molecule has 0 amide bonds. The third kappa shape index (κ3) is 1.66. The van der Waals surface area contributed by atoms with Gasteiger partial charge in [-0.05, 0) is 6.54 Å². The molecule has 1 saturated heterocycles. The summed E-state index contributed by atoms with van der Waals surface area (Å²) in [5, 5.41) is 3.06. The second-order valence-electron chi connectivity index (χ2n) is 2.33. The van der Waals surface area contributed by atoms with E-state index < -0.39 is 9.84 Å². The van der Waals surface area contributed by atoms with Gasteiger partial charge in [0.2, 0.25) is 0 Å². The highest BCUT2D eigenvalue weighted by Crippen LogP contribution is 2.09. The van der Waals surface area contributed by atoms with E-state index in [1.54, 1.807) is 0 Å². The van der Waals surface area contributed by atoms with Gasteiger partial charge in [0.25, 0.3) is 0 Å². The van der Waals surface area contributed by atoms with Crippen LogP contribution in [-0.4, -0.2) is 32.5 Å². The van der Waals surface area contributed by atoms with Crippen molar-refractivity contribution in [3.05, 3.63) is 0 Å². The summed E-state index contributed by atoms with van der Waals surface area (Å²) >= 11 is 0. The summed E-state index contributed by atoms with van der Waals surface area (Å²) in [6.45, 7) is 2.84. The van der Waals surface area contributed by atoms with Gasteiger partial charge in [0, 0.05) is 6.04 Å². The molecule has 0 bridgehead atoms. The summed E-state index contributed by atoms with van der Waals surface area (Å²) < 4.78 is 21.1. The molecule has 0 aliphatic carbocycles. The van der Waals surface area contributed by atoms with Crippen LogP contribution in [0.4, 0.5) is 0 Å². The molecule has 0 unspecified atom stereocenters. The van der Waals surface area contributed by atoms with E-state index in [2.05, 4.69) is 5.32 Å². The quantitative estimate of drug-likeness (QED) is 0.570. The first-order chi connectivity index (χ1) is 4.14. The lowest BCUT2D eigenvalue weighted by atomic mass is 10.4. The predicted octanol–water partition coefficient (Wildman–Crippen LogP) is -0.607. The number of hydrogen-bond donors (Lipinski definition) is 1. The molecule has 0 spiro atoms. The van der Waals surface area contributed by atoms with Crippen LogP contribution in [0.1, 0.15) is 6.92 Å². The van der Waals surface area contributed by atoms with Gasteiger partial charge in [-0.1, -0.05) is 6.92 Å². The van der Waals surface area contributed by atoms with Gasteiger partial charge in [-0.2, -0.15) is 0 Å². The first-order valence-electron chi connectivity index (χ1n) is 3.08. The normalized spacial score (nSPS) is 25.4. The summed E-state index contributed by atoms with van der Waals surface area (Å²) in [7, 11) is -2.62. The molecule has 0 aromatic rings. The van der Waals surface area contributed by atoms with E-state index in [-0.39, 0.29) is 6.04 Å². The minimum absolute atomic E-state index is 0.236. The van der Waals surface area contributed by atoms with Gasteiger partial charge in [-0.3, -0.25) is 0 Å². The predicted molar refractivity (Wildman–Crippen MR) is 36.1 cm³/mol. The molecule has 0 radical (unpaired) electrons. The molecule has 9 heavy (non-hydrogen) atoms. The summed E-state index contributed by atoms with van der Waals surface area (Å²) in [6, 6.07) is 0.236. The SMILES string of the molecule is CCNC1CS(=O)(=O)C1. The first-order valence-corrected chi connectivity index (χ1v) is 4.90. The fourth-order valence-electron chi connectivity index (χ4n) is 0.971. The molecule has 3 nitrogen and oxygen atoms in total. The standard InChI is InChI=1S/C5H11NO2S/c1-2-6-5-3-9(7,8)4-5/h5-6H,2-4H2,1H3. The minimum atomic E-state index is -2.62. The van der Waals surface area contributed by atoms with Crippen LogP contribution in [0.2, 0.25) is 0 Å². The molecule has 1 aliphatic heterocycles. The van der Waals surface area contributed by atoms with E-state index >= 15 is 0 Å². The Labute approximate surface area is 55.4 Å². The van der Waals surface area contributed by atoms with E-state index in [0.29, 0.717) is 11.5 Å². The van der Waals surface area contributed by atoms with E-state index in [0.717, 1.165) is 6.54 Å². The Morgan fingerprint density at radius 1 is 1.56 bits per heavy atom. The Bertz CT molecular complexity index is 173. The second-order valence-corrected chi connectivity index (χ2v) is 4.49. The molecule has 1 N–H and O–H groups in total. The molecule has 1 fully saturated rings. The zero-order valence-corrected chi connectivity index (χ0v) is 6.24. The summed E-state index contributed by atoms with van der Waals surface area (Å²) in [4.78, 5) is 0. The highest BCUT2D eigenvalue weighted by atomic mass is 32.2. The van der Waals surface area contributed by atoms with Crippen LogP contribution in [0.25, 0.3) is 0 Å². The molecular weight excluding hydrogens is 138 g/mol. The minimum Gasteiger partial charge on any atom is -0.312 e. The first kappa shape index (κ1) is 7.02. The lowest BCUT2D eigenvalue weighted by Crippen LogP contribution is -2.50. The molecule has 1 heterocycles. The Hall–Kier alpha value is -0.0900. The molecule has 54 valence electrons. The molecule has 0 atom stereocenters. The molecular formula is C5H11NO2S. The van der Waals surface area contributed by atoms with E-state index in [1.807, 2.05) is 6.92 Å². The van der Waals surface area contributed by atoms with Crippen molar-refractivity contribution in [3.8, 4) is 0 Å². The number of sulfone groups is 1. The topological polar surface area (TPSA) is 46.2 Å². The van der Waals surface area contributed by atoms with Crippen molar-refractivity contribution < 1.29 is 8.42 Å². The Kier molecular flexibility index (Phi) is 1.77. The van der Waals surface area contributed by atoms with Gasteiger partial charge in [0.05, 0.1) is 11.5 Å². The average Bonchev–Trinajstić information content (AvgIpc) is 1.62. The van der Waals surface area contributed by atoms with Crippen molar-refractivity contribution in [2.24, 2.45) is 0 Å². The van der Waals surface area contributed by atoms with Gasteiger partial charge in [0.1, 0.15) is 0 Å². The second kappa shape index (κ2) is 2.27. The third-order valence-corrected chi connectivity index (χ3v) is 3.22. The van der Waals surface area contributed by atoms with Crippen molar-refractivity contribution in [3.63, 3.8) is 0 Å². The van der Waals surface area contributed by atoms with Crippen molar-refractivity contribution >= 4 is 9.84 Å². The number of hydrogen-bond acceptors (Lipinski definition) is 3. The monoisotopic (exact) mass is 149 g/mol. The van der Waals surface area contributed by atoms with Crippen molar-refractivity contribution in [2.75, 3.05) is 18.1 Å². The lowest BCUT2D eigenvalue weighted by molar-refractivity contribution is 0.521. The number of rotatable bonds is 2. The average molecular weight is 149 g/mol. The molecule has 0 aromatic heterocycles. The van der Waals surface area contributed by atoms with Crippen LogP contribution in [0, 0.1) is 0 Å². The van der Waals surface area contributed by atoms with Crippen LogP contribution in [0.15, 0.2) is 0 Å².